The van der Waals surface area contributed by atoms with Gasteiger partial charge in [0.1, 0.15) is 0 Å². The highest BCUT2D eigenvalue weighted by Crippen LogP contribution is 2.26. The van der Waals surface area contributed by atoms with Crippen molar-refractivity contribution in [3.05, 3.63) is 29.3 Å². The average molecular weight is 435 g/mol. The normalized spacial score (nSPS) is 19.2. The van der Waals surface area contributed by atoms with Crippen LogP contribution < -0.4 is 16.0 Å². The van der Waals surface area contributed by atoms with Crippen LogP contribution in [0.3, 0.4) is 0 Å². The van der Waals surface area contributed by atoms with Gasteiger partial charge in [-0.05, 0) is 57.5 Å². The Morgan fingerprint density at radius 2 is 1.83 bits per heavy atom. The molecule has 0 unspecified atom stereocenters. The first-order valence-electron chi connectivity index (χ1n) is 11.0. The molecule has 1 amide bonds. The number of likely N-dealkylation sites (tertiary alicyclic amines) is 1. The van der Waals surface area contributed by atoms with E-state index in [1.165, 1.54) is 0 Å². The summed E-state index contributed by atoms with van der Waals surface area (Å²) in [6, 6.07) is 8.04. The minimum Gasteiger partial charge on any atom is -0.369 e. The zero-order valence-corrected chi connectivity index (χ0v) is 18.8. The number of hydrogen-bond donors (Lipinski definition) is 2. The number of carbonyl (C=O) groups excluding carboxylic acids is 1. The van der Waals surface area contributed by atoms with Crippen LogP contribution in [0.25, 0.3) is 0 Å². The number of para-hydroxylation sites is 1. The van der Waals surface area contributed by atoms with Crippen LogP contribution in [0.4, 0.5) is 5.69 Å². The Kier molecular flexibility index (Phi) is 8.63. The molecule has 2 saturated heterocycles. The average Bonchev–Trinajstić information content (AvgIpc) is 2.77. The summed E-state index contributed by atoms with van der Waals surface area (Å²) in [6.45, 7) is 7.71. The van der Waals surface area contributed by atoms with Gasteiger partial charge in [-0.2, -0.15) is 0 Å². The molecule has 0 atom stereocenters. The summed E-state index contributed by atoms with van der Waals surface area (Å²) in [5, 5.41) is 4.33. The lowest BCUT2D eigenvalue weighted by Crippen LogP contribution is -2.52. The third kappa shape index (κ3) is 6.25. The maximum Gasteiger partial charge on any atom is 0.220 e. The van der Waals surface area contributed by atoms with E-state index in [1.54, 1.807) is 0 Å². The first-order chi connectivity index (χ1) is 14.6. The van der Waals surface area contributed by atoms with Gasteiger partial charge in [-0.3, -0.25) is 9.79 Å². The molecule has 1 aromatic carbocycles. The summed E-state index contributed by atoms with van der Waals surface area (Å²) < 4.78 is 0. The third-order valence-corrected chi connectivity index (χ3v) is 6.48. The molecule has 30 heavy (non-hydrogen) atoms. The smallest absolute Gasteiger partial charge is 0.220 e. The Morgan fingerprint density at radius 1 is 1.13 bits per heavy atom. The molecule has 0 aliphatic carbocycles. The standard InChI is InChI=1S/C22H35ClN6O/c1-25-22(26-10-4-5-11-27-12-8-18(9-13-27)21(24)30)29-16-14-28(15-17-29)20-7-3-2-6-19(20)23/h2-3,6-7,18H,4-5,8-17H2,1H3,(H2,24,30)(H,25,26). The second kappa shape index (κ2) is 11.4. The highest BCUT2D eigenvalue weighted by molar-refractivity contribution is 6.33. The maximum absolute atomic E-state index is 11.3. The molecule has 1 aromatic rings. The van der Waals surface area contributed by atoms with Crippen LogP contribution in [0.2, 0.25) is 5.02 Å². The van der Waals surface area contributed by atoms with Crippen LogP contribution in [0.15, 0.2) is 29.3 Å². The van der Waals surface area contributed by atoms with Crippen LogP contribution in [-0.2, 0) is 4.79 Å². The van der Waals surface area contributed by atoms with Crippen molar-refractivity contribution in [2.24, 2.45) is 16.6 Å². The number of primary amides is 1. The van der Waals surface area contributed by atoms with Crippen LogP contribution in [0.5, 0.6) is 0 Å². The first-order valence-corrected chi connectivity index (χ1v) is 11.4. The Balaban J connectivity index is 1.32. The van der Waals surface area contributed by atoms with Gasteiger partial charge in [-0.25, -0.2) is 0 Å². The minimum absolute atomic E-state index is 0.0737. The fourth-order valence-electron chi connectivity index (χ4n) is 4.30. The molecule has 3 N–H and O–H groups in total. The minimum atomic E-state index is -0.141. The number of amides is 1. The van der Waals surface area contributed by atoms with E-state index in [0.717, 1.165) is 94.7 Å². The predicted octanol–water partition coefficient (Wildman–Crippen LogP) is 2.01. The van der Waals surface area contributed by atoms with E-state index in [1.807, 2.05) is 25.2 Å². The number of benzene rings is 1. The van der Waals surface area contributed by atoms with Crippen molar-refractivity contribution in [3.8, 4) is 0 Å². The van der Waals surface area contributed by atoms with E-state index in [4.69, 9.17) is 17.3 Å². The summed E-state index contributed by atoms with van der Waals surface area (Å²) in [5.74, 6) is 0.915. The number of rotatable bonds is 7. The summed E-state index contributed by atoms with van der Waals surface area (Å²) in [5.41, 5.74) is 6.52. The predicted molar refractivity (Wildman–Crippen MR) is 124 cm³/mol. The van der Waals surface area contributed by atoms with Crippen molar-refractivity contribution in [3.63, 3.8) is 0 Å². The molecule has 0 spiro atoms. The second-order valence-corrected chi connectivity index (χ2v) is 8.53. The molecule has 0 aromatic heterocycles. The summed E-state index contributed by atoms with van der Waals surface area (Å²) >= 11 is 6.34. The van der Waals surface area contributed by atoms with Crippen LogP contribution in [0.1, 0.15) is 25.7 Å². The number of carbonyl (C=O) groups is 1. The zero-order valence-electron chi connectivity index (χ0n) is 18.0. The van der Waals surface area contributed by atoms with Crippen molar-refractivity contribution < 1.29 is 4.79 Å². The van der Waals surface area contributed by atoms with Gasteiger partial charge in [-0.15, -0.1) is 0 Å². The van der Waals surface area contributed by atoms with Crippen molar-refractivity contribution in [2.75, 3.05) is 64.3 Å². The SMILES string of the molecule is CN=C(NCCCCN1CCC(C(N)=O)CC1)N1CCN(c2ccccc2Cl)CC1. The molecule has 2 fully saturated rings. The number of guanidine groups is 1. The highest BCUT2D eigenvalue weighted by atomic mass is 35.5. The molecular weight excluding hydrogens is 400 g/mol. The molecule has 2 aliphatic heterocycles. The van der Waals surface area contributed by atoms with E-state index < -0.39 is 0 Å². The van der Waals surface area contributed by atoms with Gasteiger partial charge in [0.05, 0.1) is 10.7 Å². The Bertz CT molecular complexity index is 711. The van der Waals surface area contributed by atoms with Gasteiger partial charge in [0.2, 0.25) is 5.91 Å². The summed E-state index contributed by atoms with van der Waals surface area (Å²) in [7, 11) is 1.85. The molecule has 3 rings (SSSR count). The lowest BCUT2D eigenvalue weighted by molar-refractivity contribution is -0.123. The fraction of sp³-hybridized carbons (Fsp3) is 0.636. The molecule has 0 bridgehead atoms. The fourth-order valence-corrected chi connectivity index (χ4v) is 4.56. The van der Waals surface area contributed by atoms with E-state index >= 15 is 0 Å². The Hall–Kier alpha value is -1.99. The van der Waals surface area contributed by atoms with Crippen LogP contribution in [0, 0.1) is 5.92 Å². The van der Waals surface area contributed by atoms with E-state index in [0.29, 0.717) is 0 Å². The number of nitrogens with zero attached hydrogens (tertiary/aromatic N) is 4. The Morgan fingerprint density at radius 3 is 2.47 bits per heavy atom. The van der Waals surface area contributed by atoms with Crippen molar-refractivity contribution in [1.29, 1.82) is 0 Å². The first kappa shape index (κ1) is 22.7. The van der Waals surface area contributed by atoms with E-state index in [-0.39, 0.29) is 11.8 Å². The van der Waals surface area contributed by atoms with E-state index in [2.05, 4.69) is 31.1 Å². The number of anilines is 1. The highest BCUT2D eigenvalue weighted by Gasteiger charge is 2.23. The van der Waals surface area contributed by atoms with E-state index in [9.17, 15) is 4.79 Å². The van der Waals surface area contributed by atoms with Crippen molar-refractivity contribution in [1.82, 2.24) is 15.1 Å². The molecule has 2 heterocycles. The number of piperazine rings is 1. The molecule has 166 valence electrons. The Labute approximate surface area is 185 Å². The number of halogens is 1. The number of nitrogens with one attached hydrogen (secondary N) is 1. The van der Waals surface area contributed by atoms with Crippen molar-refractivity contribution in [2.45, 2.75) is 25.7 Å². The molecule has 0 radical (unpaired) electrons. The maximum atomic E-state index is 11.3. The number of piperidine rings is 1. The van der Waals surface area contributed by atoms with Crippen LogP contribution >= 0.6 is 11.6 Å². The number of nitrogens with two attached hydrogens (primary N) is 1. The molecule has 0 saturated carbocycles. The molecule has 2 aliphatic rings. The summed E-state index contributed by atoms with van der Waals surface area (Å²) in [4.78, 5) is 22.8. The van der Waals surface area contributed by atoms with Gasteiger partial charge in [0, 0.05) is 45.7 Å². The largest absolute Gasteiger partial charge is 0.369 e. The molecular formula is C22H35ClN6O. The number of hydrogen-bond acceptors (Lipinski definition) is 4. The molecule has 7 nitrogen and oxygen atoms in total. The van der Waals surface area contributed by atoms with Gasteiger partial charge < -0.3 is 25.8 Å². The quantitative estimate of drug-likeness (QED) is 0.390. The van der Waals surface area contributed by atoms with Gasteiger partial charge in [0.15, 0.2) is 5.96 Å². The zero-order chi connectivity index (χ0) is 21.3. The monoisotopic (exact) mass is 434 g/mol. The second-order valence-electron chi connectivity index (χ2n) is 8.12. The van der Waals surface area contributed by atoms with Gasteiger partial charge in [0.25, 0.3) is 0 Å². The number of aliphatic imine (C=N–C) groups is 1. The van der Waals surface area contributed by atoms with Gasteiger partial charge in [-0.1, -0.05) is 23.7 Å². The third-order valence-electron chi connectivity index (χ3n) is 6.16. The molecule has 8 heteroatoms. The van der Waals surface area contributed by atoms with Crippen LogP contribution in [-0.4, -0.2) is 81.1 Å². The lowest BCUT2D eigenvalue weighted by atomic mass is 9.96. The number of unbranched alkanes of at least 4 members (excludes halogenated alkanes) is 1. The summed E-state index contributed by atoms with van der Waals surface area (Å²) in [6.07, 6.45) is 4.06. The van der Waals surface area contributed by atoms with Crippen molar-refractivity contribution >= 4 is 29.2 Å². The van der Waals surface area contributed by atoms with Gasteiger partial charge >= 0.3 is 0 Å². The lowest BCUT2D eigenvalue weighted by Gasteiger charge is -2.38. The topological polar surface area (TPSA) is 77.2 Å².